The molecule has 0 radical (unpaired) electrons. The molecule has 0 aromatic carbocycles. The Bertz CT molecular complexity index is 315. The van der Waals surface area contributed by atoms with Gasteiger partial charge in [-0.2, -0.15) is 0 Å². The van der Waals surface area contributed by atoms with Crippen LogP contribution >= 0.6 is 11.3 Å². The van der Waals surface area contributed by atoms with Gasteiger partial charge in [-0.1, -0.05) is 13.8 Å². The molecule has 0 aliphatic rings. The Kier molecular flexibility index (Phi) is 6.28. The van der Waals surface area contributed by atoms with Crippen LogP contribution in [0.15, 0.2) is 0 Å². The van der Waals surface area contributed by atoms with E-state index in [1.165, 1.54) is 16.2 Å². The predicted molar refractivity (Wildman–Crippen MR) is 59.6 cm³/mol. The number of carbonyl (C=O) groups is 2. The highest BCUT2D eigenvalue weighted by Crippen LogP contribution is 2.19. The van der Waals surface area contributed by atoms with Crippen LogP contribution in [0, 0.1) is 0 Å². The fourth-order valence-corrected chi connectivity index (χ4v) is 1.98. The standard InChI is InChI=1S/C8H12N2OS.CH3NO/c1-3-5-6(4-2)12-8(10-5)7(9)11;2-1-3/h3-4H2,1-2H3,(H2,9,11);1H,(H2,2,3). The first kappa shape index (κ1) is 13.6. The quantitative estimate of drug-likeness (QED) is 0.737. The number of thiazole rings is 1. The van der Waals surface area contributed by atoms with Crippen molar-refractivity contribution < 1.29 is 9.59 Å². The molecule has 0 aliphatic heterocycles. The second-order valence-corrected chi connectivity index (χ2v) is 3.68. The first-order chi connectivity index (χ1) is 7.10. The third kappa shape index (κ3) is 4.07. The average molecular weight is 229 g/mol. The molecule has 1 aromatic heterocycles. The second-order valence-electron chi connectivity index (χ2n) is 2.60. The van der Waals surface area contributed by atoms with Crippen LogP contribution in [-0.4, -0.2) is 17.3 Å². The Labute approximate surface area is 92.5 Å². The highest BCUT2D eigenvalue weighted by Gasteiger charge is 2.11. The van der Waals surface area contributed by atoms with Crippen molar-refractivity contribution in [2.75, 3.05) is 0 Å². The first-order valence-corrected chi connectivity index (χ1v) is 5.36. The maximum atomic E-state index is 10.8. The van der Waals surface area contributed by atoms with Crippen molar-refractivity contribution >= 4 is 23.7 Å². The largest absolute Gasteiger partial charge is 0.372 e. The molecule has 1 rings (SSSR count). The van der Waals surface area contributed by atoms with Gasteiger partial charge in [-0.25, -0.2) is 4.98 Å². The average Bonchev–Trinajstić information content (AvgIpc) is 2.61. The zero-order valence-corrected chi connectivity index (χ0v) is 9.63. The molecule has 15 heavy (non-hydrogen) atoms. The smallest absolute Gasteiger partial charge is 0.277 e. The number of primary amides is 2. The summed E-state index contributed by atoms with van der Waals surface area (Å²) in [5, 5.41) is 0.434. The molecule has 5 nitrogen and oxygen atoms in total. The first-order valence-electron chi connectivity index (χ1n) is 4.54. The molecule has 1 aromatic rings. The monoisotopic (exact) mass is 229 g/mol. The van der Waals surface area contributed by atoms with Crippen molar-refractivity contribution in [1.29, 1.82) is 0 Å². The Morgan fingerprint density at radius 2 is 2.00 bits per heavy atom. The highest BCUT2D eigenvalue weighted by molar-refractivity contribution is 7.13. The summed E-state index contributed by atoms with van der Waals surface area (Å²) in [5.41, 5.74) is 10.3. The number of hydrogen-bond acceptors (Lipinski definition) is 4. The minimum Gasteiger partial charge on any atom is -0.372 e. The van der Waals surface area contributed by atoms with Crippen molar-refractivity contribution in [3.8, 4) is 0 Å². The van der Waals surface area contributed by atoms with E-state index in [9.17, 15) is 4.79 Å². The Morgan fingerprint density at radius 1 is 1.47 bits per heavy atom. The number of aryl methyl sites for hydroxylation is 2. The maximum absolute atomic E-state index is 10.8. The lowest BCUT2D eigenvalue weighted by atomic mass is 10.2. The summed E-state index contributed by atoms with van der Waals surface area (Å²) in [7, 11) is 0. The van der Waals surface area contributed by atoms with Crippen LogP contribution in [0.4, 0.5) is 0 Å². The molecule has 1 heterocycles. The van der Waals surface area contributed by atoms with Gasteiger partial charge in [-0.15, -0.1) is 11.3 Å². The van der Waals surface area contributed by atoms with Gasteiger partial charge in [-0.05, 0) is 12.8 Å². The van der Waals surface area contributed by atoms with Gasteiger partial charge in [0, 0.05) is 4.88 Å². The van der Waals surface area contributed by atoms with E-state index in [-0.39, 0.29) is 6.41 Å². The van der Waals surface area contributed by atoms with Crippen LogP contribution in [0.1, 0.15) is 34.2 Å². The van der Waals surface area contributed by atoms with E-state index >= 15 is 0 Å². The number of carbonyl (C=O) groups excluding carboxylic acids is 2. The lowest BCUT2D eigenvalue weighted by Gasteiger charge is -1.90. The molecular weight excluding hydrogens is 214 g/mol. The van der Waals surface area contributed by atoms with E-state index in [1.54, 1.807) is 0 Å². The van der Waals surface area contributed by atoms with Crippen molar-refractivity contribution in [3.05, 3.63) is 15.6 Å². The third-order valence-electron chi connectivity index (χ3n) is 1.65. The molecule has 6 heteroatoms. The predicted octanol–water partition coefficient (Wildman–Crippen LogP) is 0.468. The van der Waals surface area contributed by atoms with Crippen LogP contribution in [0.25, 0.3) is 0 Å². The minimum atomic E-state index is -0.422. The topological polar surface area (TPSA) is 99.1 Å². The van der Waals surface area contributed by atoms with Gasteiger partial charge in [0.1, 0.15) is 0 Å². The van der Waals surface area contributed by atoms with Gasteiger partial charge in [0.05, 0.1) is 5.69 Å². The van der Waals surface area contributed by atoms with Gasteiger partial charge in [-0.3, -0.25) is 9.59 Å². The summed E-state index contributed by atoms with van der Waals surface area (Å²) in [5.74, 6) is -0.422. The Balaban J connectivity index is 0.000000583. The van der Waals surface area contributed by atoms with E-state index in [0.717, 1.165) is 18.5 Å². The number of rotatable bonds is 3. The molecule has 4 N–H and O–H groups in total. The van der Waals surface area contributed by atoms with Gasteiger partial charge in [0.2, 0.25) is 6.41 Å². The van der Waals surface area contributed by atoms with Gasteiger partial charge in [0.25, 0.3) is 5.91 Å². The summed E-state index contributed by atoms with van der Waals surface area (Å²) in [4.78, 5) is 24.7. The minimum absolute atomic E-state index is 0.250. The summed E-state index contributed by atoms with van der Waals surface area (Å²) in [6.07, 6.45) is 2.04. The number of nitrogens with two attached hydrogens (primary N) is 2. The number of aromatic nitrogens is 1. The maximum Gasteiger partial charge on any atom is 0.277 e. The van der Waals surface area contributed by atoms with E-state index in [0.29, 0.717) is 5.01 Å². The van der Waals surface area contributed by atoms with E-state index in [1.807, 2.05) is 6.92 Å². The van der Waals surface area contributed by atoms with Crippen LogP contribution in [0.3, 0.4) is 0 Å². The lowest BCUT2D eigenvalue weighted by Crippen LogP contribution is -2.10. The normalized spacial score (nSPS) is 8.93. The van der Waals surface area contributed by atoms with E-state index < -0.39 is 5.91 Å². The van der Waals surface area contributed by atoms with Crippen LogP contribution in [0.2, 0.25) is 0 Å². The highest BCUT2D eigenvalue weighted by atomic mass is 32.1. The number of amides is 2. The zero-order chi connectivity index (χ0) is 11.8. The molecule has 84 valence electrons. The second kappa shape index (κ2) is 6.94. The molecule has 0 aliphatic carbocycles. The van der Waals surface area contributed by atoms with E-state index in [2.05, 4.69) is 17.6 Å². The summed E-state index contributed by atoms with van der Waals surface area (Å²) in [6.45, 7) is 4.08. The molecule has 2 amide bonds. The summed E-state index contributed by atoms with van der Waals surface area (Å²) in [6, 6.07) is 0. The fraction of sp³-hybridized carbons (Fsp3) is 0.444. The van der Waals surface area contributed by atoms with Crippen molar-refractivity contribution in [1.82, 2.24) is 4.98 Å². The van der Waals surface area contributed by atoms with Crippen molar-refractivity contribution in [2.45, 2.75) is 26.7 Å². The molecule has 0 fully saturated rings. The van der Waals surface area contributed by atoms with Gasteiger partial charge >= 0.3 is 0 Å². The summed E-state index contributed by atoms with van der Waals surface area (Å²) >= 11 is 1.41. The lowest BCUT2D eigenvalue weighted by molar-refractivity contribution is -0.106. The molecule has 0 bridgehead atoms. The zero-order valence-electron chi connectivity index (χ0n) is 8.82. The number of hydrogen-bond donors (Lipinski definition) is 2. The summed E-state index contributed by atoms with van der Waals surface area (Å²) < 4.78 is 0. The number of nitrogens with zero attached hydrogens (tertiary/aromatic N) is 1. The molecule has 0 saturated heterocycles. The van der Waals surface area contributed by atoms with Crippen LogP contribution in [-0.2, 0) is 17.6 Å². The molecule has 0 spiro atoms. The third-order valence-corrected chi connectivity index (χ3v) is 2.90. The Hall–Kier alpha value is -1.43. The van der Waals surface area contributed by atoms with Gasteiger partial charge < -0.3 is 11.5 Å². The molecule has 0 saturated carbocycles. The SMILES string of the molecule is CCc1nc(C(N)=O)sc1CC.NC=O. The van der Waals surface area contributed by atoms with Crippen molar-refractivity contribution in [2.24, 2.45) is 11.5 Å². The molecular formula is C9H15N3O2S. The van der Waals surface area contributed by atoms with E-state index in [4.69, 9.17) is 10.5 Å². The fourth-order valence-electron chi connectivity index (χ4n) is 1.04. The molecule has 0 atom stereocenters. The van der Waals surface area contributed by atoms with Crippen molar-refractivity contribution in [3.63, 3.8) is 0 Å². The van der Waals surface area contributed by atoms with Crippen LogP contribution in [0.5, 0.6) is 0 Å². The molecule has 0 unspecified atom stereocenters. The van der Waals surface area contributed by atoms with Gasteiger partial charge in [0.15, 0.2) is 5.01 Å². The Morgan fingerprint density at radius 3 is 2.27 bits per heavy atom. The van der Waals surface area contributed by atoms with Crippen LogP contribution < -0.4 is 11.5 Å².